The molecule has 0 spiro atoms. The second-order valence-electron chi connectivity index (χ2n) is 5.08. The van der Waals surface area contributed by atoms with E-state index in [1.54, 1.807) is 11.3 Å². The molecule has 0 aliphatic heterocycles. The van der Waals surface area contributed by atoms with Gasteiger partial charge < -0.3 is 5.32 Å². The number of hydrogen-bond acceptors (Lipinski definition) is 3. The second-order valence-corrected chi connectivity index (χ2v) is 6.72. The number of nitrogens with one attached hydrogen (secondary N) is 1. The van der Waals surface area contributed by atoms with Crippen molar-refractivity contribution < 1.29 is 0 Å². The van der Waals surface area contributed by atoms with Gasteiger partial charge in [-0.2, -0.15) is 0 Å². The Balaban J connectivity index is 1.95. The molecular formula is C16H21BrN2S. The van der Waals surface area contributed by atoms with Gasteiger partial charge in [0, 0.05) is 9.85 Å². The average molecular weight is 353 g/mol. The standard InChI is InChI=1S/C16H21BrN2S/c1-2-7-18-10-14(9-16-11-20-12-19-16)8-13-3-5-15(17)6-4-13/h3-6,11-12,14,18H,2,7-10H2,1H3. The van der Waals surface area contributed by atoms with Gasteiger partial charge in [0.15, 0.2) is 0 Å². The summed E-state index contributed by atoms with van der Waals surface area (Å²) < 4.78 is 1.14. The van der Waals surface area contributed by atoms with Crippen molar-refractivity contribution in [2.75, 3.05) is 13.1 Å². The Bertz CT molecular complexity index is 482. The van der Waals surface area contributed by atoms with Gasteiger partial charge in [-0.05, 0) is 56.0 Å². The minimum absolute atomic E-state index is 0.602. The van der Waals surface area contributed by atoms with Crippen molar-refractivity contribution >= 4 is 27.3 Å². The average Bonchev–Trinajstić information content (AvgIpc) is 2.94. The second kappa shape index (κ2) is 8.55. The molecule has 2 nitrogen and oxygen atoms in total. The van der Waals surface area contributed by atoms with Crippen LogP contribution in [-0.2, 0) is 12.8 Å². The molecule has 1 aromatic carbocycles. The summed E-state index contributed by atoms with van der Waals surface area (Å²) in [5, 5.41) is 5.71. The Morgan fingerprint density at radius 1 is 1.25 bits per heavy atom. The number of thiazole rings is 1. The van der Waals surface area contributed by atoms with E-state index in [0.717, 1.165) is 30.4 Å². The van der Waals surface area contributed by atoms with Gasteiger partial charge in [0.05, 0.1) is 11.2 Å². The maximum atomic E-state index is 4.42. The van der Waals surface area contributed by atoms with Gasteiger partial charge in [-0.3, -0.25) is 0 Å². The van der Waals surface area contributed by atoms with Crippen molar-refractivity contribution in [2.24, 2.45) is 5.92 Å². The molecule has 1 N–H and O–H groups in total. The third-order valence-corrected chi connectivity index (χ3v) is 4.44. The molecule has 20 heavy (non-hydrogen) atoms. The van der Waals surface area contributed by atoms with Crippen molar-refractivity contribution in [3.63, 3.8) is 0 Å². The molecule has 0 radical (unpaired) electrons. The number of hydrogen-bond donors (Lipinski definition) is 1. The van der Waals surface area contributed by atoms with Crippen LogP contribution in [0.4, 0.5) is 0 Å². The number of rotatable bonds is 8. The Morgan fingerprint density at radius 3 is 2.70 bits per heavy atom. The third-order valence-electron chi connectivity index (χ3n) is 3.28. The zero-order valence-corrected chi connectivity index (χ0v) is 14.2. The normalized spacial score (nSPS) is 12.5. The molecule has 108 valence electrons. The molecular weight excluding hydrogens is 332 g/mol. The van der Waals surface area contributed by atoms with Gasteiger partial charge in [0.25, 0.3) is 0 Å². The first-order valence-electron chi connectivity index (χ1n) is 7.10. The van der Waals surface area contributed by atoms with E-state index < -0.39 is 0 Å². The van der Waals surface area contributed by atoms with Crippen LogP contribution >= 0.6 is 27.3 Å². The Kier molecular flexibility index (Phi) is 6.70. The molecule has 1 unspecified atom stereocenters. The highest BCUT2D eigenvalue weighted by Gasteiger charge is 2.12. The van der Waals surface area contributed by atoms with Gasteiger partial charge in [-0.15, -0.1) is 11.3 Å². The van der Waals surface area contributed by atoms with Gasteiger partial charge in [-0.1, -0.05) is 35.0 Å². The summed E-state index contributed by atoms with van der Waals surface area (Å²) >= 11 is 5.17. The Labute approximate surface area is 133 Å². The first-order chi connectivity index (χ1) is 9.78. The smallest absolute Gasteiger partial charge is 0.0794 e. The molecule has 0 fully saturated rings. The van der Waals surface area contributed by atoms with E-state index in [1.807, 2.05) is 5.51 Å². The highest BCUT2D eigenvalue weighted by molar-refractivity contribution is 9.10. The summed E-state index contributed by atoms with van der Waals surface area (Å²) in [6.45, 7) is 4.35. The molecule has 0 aliphatic carbocycles. The van der Waals surface area contributed by atoms with Crippen LogP contribution in [0.1, 0.15) is 24.6 Å². The number of aromatic nitrogens is 1. The minimum Gasteiger partial charge on any atom is -0.316 e. The van der Waals surface area contributed by atoms with Crippen molar-refractivity contribution in [2.45, 2.75) is 26.2 Å². The van der Waals surface area contributed by atoms with Gasteiger partial charge >= 0.3 is 0 Å². The Morgan fingerprint density at radius 2 is 2.05 bits per heavy atom. The van der Waals surface area contributed by atoms with Crippen LogP contribution in [-0.4, -0.2) is 18.1 Å². The molecule has 0 amide bonds. The van der Waals surface area contributed by atoms with Crippen LogP contribution in [0.15, 0.2) is 39.6 Å². The summed E-state index contributed by atoms with van der Waals surface area (Å²) in [6, 6.07) is 8.65. The zero-order valence-electron chi connectivity index (χ0n) is 11.8. The third kappa shape index (κ3) is 5.35. The summed E-state index contributed by atoms with van der Waals surface area (Å²) in [6.07, 6.45) is 3.33. The fraction of sp³-hybridized carbons (Fsp3) is 0.438. The van der Waals surface area contributed by atoms with Crippen molar-refractivity contribution in [3.8, 4) is 0 Å². The highest BCUT2D eigenvalue weighted by Crippen LogP contribution is 2.17. The molecule has 1 heterocycles. The van der Waals surface area contributed by atoms with Crippen molar-refractivity contribution in [1.29, 1.82) is 0 Å². The predicted octanol–water partition coefficient (Wildman–Crippen LogP) is 4.31. The summed E-state index contributed by atoms with van der Waals surface area (Å²) in [7, 11) is 0. The highest BCUT2D eigenvalue weighted by atomic mass is 79.9. The van der Waals surface area contributed by atoms with E-state index in [9.17, 15) is 0 Å². The summed E-state index contributed by atoms with van der Waals surface area (Å²) in [5.74, 6) is 0.602. The lowest BCUT2D eigenvalue weighted by Crippen LogP contribution is -2.26. The molecule has 0 aliphatic rings. The fourth-order valence-corrected chi connectivity index (χ4v) is 3.12. The first kappa shape index (κ1) is 15.7. The largest absolute Gasteiger partial charge is 0.316 e. The van der Waals surface area contributed by atoms with Crippen LogP contribution < -0.4 is 5.32 Å². The van der Waals surface area contributed by atoms with Crippen molar-refractivity contribution in [3.05, 3.63) is 50.9 Å². The van der Waals surface area contributed by atoms with E-state index >= 15 is 0 Å². The lowest BCUT2D eigenvalue weighted by Gasteiger charge is -2.17. The van der Waals surface area contributed by atoms with Crippen LogP contribution in [0, 0.1) is 5.92 Å². The zero-order chi connectivity index (χ0) is 14.2. The molecule has 0 bridgehead atoms. The van der Waals surface area contributed by atoms with Gasteiger partial charge in [0.1, 0.15) is 0 Å². The van der Waals surface area contributed by atoms with Gasteiger partial charge in [-0.25, -0.2) is 4.98 Å². The summed E-state index contributed by atoms with van der Waals surface area (Å²) in [5.41, 5.74) is 4.54. The molecule has 4 heteroatoms. The maximum Gasteiger partial charge on any atom is 0.0794 e. The van der Waals surface area contributed by atoms with Crippen LogP contribution in [0.5, 0.6) is 0 Å². The molecule has 1 aromatic heterocycles. The molecule has 2 aromatic rings. The van der Waals surface area contributed by atoms with E-state index in [-0.39, 0.29) is 0 Å². The van der Waals surface area contributed by atoms with E-state index in [2.05, 4.69) is 62.8 Å². The molecule has 2 rings (SSSR count). The lowest BCUT2D eigenvalue weighted by molar-refractivity contribution is 0.467. The van der Waals surface area contributed by atoms with Crippen LogP contribution in [0.25, 0.3) is 0 Å². The van der Waals surface area contributed by atoms with E-state index in [0.29, 0.717) is 5.92 Å². The fourth-order valence-electron chi connectivity index (χ4n) is 2.29. The number of nitrogens with zero attached hydrogens (tertiary/aromatic N) is 1. The monoisotopic (exact) mass is 352 g/mol. The Hall–Kier alpha value is -0.710. The van der Waals surface area contributed by atoms with Crippen LogP contribution in [0.2, 0.25) is 0 Å². The number of halogens is 1. The maximum absolute atomic E-state index is 4.42. The van der Waals surface area contributed by atoms with Crippen molar-refractivity contribution in [1.82, 2.24) is 10.3 Å². The molecule has 0 saturated heterocycles. The molecule has 0 saturated carbocycles. The minimum atomic E-state index is 0.602. The molecule has 1 atom stereocenters. The number of benzene rings is 1. The summed E-state index contributed by atoms with van der Waals surface area (Å²) in [4.78, 5) is 4.42. The first-order valence-corrected chi connectivity index (χ1v) is 8.83. The van der Waals surface area contributed by atoms with Gasteiger partial charge in [0.2, 0.25) is 0 Å². The van der Waals surface area contributed by atoms with E-state index in [4.69, 9.17) is 0 Å². The van der Waals surface area contributed by atoms with E-state index in [1.165, 1.54) is 17.7 Å². The SMILES string of the molecule is CCCNCC(Cc1ccc(Br)cc1)Cc1cscn1. The topological polar surface area (TPSA) is 24.9 Å². The predicted molar refractivity (Wildman–Crippen MR) is 90.3 cm³/mol. The van der Waals surface area contributed by atoms with Crippen LogP contribution in [0.3, 0.4) is 0 Å². The lowest BCUT2D eigenvalue weighted by atomic mass is 9.95. The quantitative estimate of drug-likeness (QED) is 0.716.